The summed E-state index contributed by atoms with van der Waals surface area (Å²) in [5.74, 6) is -2.08. The average Bonchev–Trinajstić information content (AvgIpc) is 3.50. The molecule has 0 saturated heterocycles. The highest BCUT2D eigenvalue weighted by Gasteiger charge is 2.34. The van der Waals surface area contributed by atoms with Crippen LogP contribution in [0.15, 0.2) is 70.0 Å². The number of Topliss-reactive ketones (excluding diaryl/α,β-unsaturated/α-hetero) is 1. The van der Waals surface area contributed by atoms with Gasteiger partial charge in [0.1, 0.15) is 23.9 Å². The smallest absolute Gasteiger partial charge is 0.411 e. The van der Waals surface area contributed by atoms with Gasteiger partial charge in [-0.15, -0.1) is 10.2 Å². The molecular weight excluding hydrogens is 559 g/mol. The number of carbonyl (C=O) groups is 3. The van der Waals surface area contributed by atoms with Crippen LogP contribution in [0.25, 0.3) is 11.4 Å². The van der Waals surface area contributed by atoms with Gasteiger partial charge in [0.25, 0.3) is 11.4 Å². The molecule has 4 aromatic rings. The molecule has 0 fully saturated rings. The van der Waals surface area contributed by atoms with E-state index in [1.165, 1.54) is 18.3 Å². The number of hydrogen-bond donors (Lipinski definition) is 2. The summed E-state index contributed by atoms with van der Waals surface area (Å²) >= 11 is 0. The Bertz CT molecular complexity index is 1680. The summed E-state index contributed by atoms with van der Waals surface area (Å²) in [6.07, 6.45) is 0.297. The first-order valence-corrected chi connectivity index (χ1v) is 13.4. The molecule has 2 aromatic carbocycles. The molecular formula is C30H31FN6O6. The highest BCUT2D eigenvalue weighted by Crippen LogP contribution is 2.31. The number of rotatable bonds is 10. The lowest BCUT2D eigenvalue weighted by atomic mass is 9.84. The van der Waals surface area contributed by atoms with E-state index >= 15 is 0 Å². The van der Waals surface area contributed by atoms with Crippen molar-refractivity contribution in [1.82, 2.24) is 25.1 Å². The van der Waals surface area contributed by atoms with Crippen LogP contribution in [0, 0.1) is 11.7 Å². The molecule has 2 N–H and O–H groups in total. The second-order valence-electron chi connectivity index (χ2n) is 10.6. The number of amides is 2. The maximum absolute atomic E-state index is 13.5. The summed E-state index contributed by atoms with van der Waals surface area (Å²) in [6.45, 7) is 6.53. The van der Waals surface area contributed by atoms with E-state index in [9.17, 15) is 23.6 Å². The number of nitrogens with one attached hydrogen (secondary N) is 2. The molecule has 4 rings (SSSR count). The molecule has 224 valence electrons. The number of nitrogens with zero attached hydrogens (tertiary/aromatic N) is 4. The molecule has 12 nitrogen and oxygen atoms in total. The van der Waals surface area contributed by atoms with E-state index in [4.69, 9.17) is 4.42 Å². The number of anilines is 1. The van der Waals surface area contributed by atoms with Crippen LogP contribution in [0.1, 0.15) is 49.8 Å². The number of aromatic nitrogens is 4. The summed E-state index contributed by atoms with van der Waals surface area (Å²) < 4.78 is 24.8. The lowest BCUT2D eigenvalue weighted by Gasteiger charge is -2.21. The maximum atomic E-state index is 13.5. The highest BCUT2D eigenvalue weighted by atomic mass is 19.1. The molecule has 0 unspecified atom stereocenters. The molecule has 43 heavy (non-hydrogen) atoms. The van der Waals surface area contributed by atoms with Crippen molar-refractivity contribution in [3.05, 3.63) is 94.3 Å². The zero-order valence-electron chi connectivity index (χ0n) is 24.3. The summed E-state index contributed by atoms with van der Waals surface area (Å²) in [7, 11) is 1.15. The average molecular weight is 591 g/mol. The maximum Gasteiger partial charge on any atom is 0.411 e. The quantitative estimate of drug-likeness (QED) is 0.261. The van der Waals surface area contributed by atoms with Crippen LogP contribution < -0.4 is 16.2 Å². The van der Waals surface area contributed by atoms with Gasteiger partial charge in [-0.05, 0) is 37.5 Å². The number of halogens is 1. The number of methoxy groups -OCH3 is 1. The van der Waals surface area contributed by atoms with Gasteiger partial charge in [0.05, 0.1) is 24.8 Å². The molecule has 0 bridgehead atoms. The summed E-state index contributed by atoms with van der Waals surface area (Å²) in [4.78, 5) is 56.1. The molecule has 0 aliphatic heterocycles. The SMILES string of the molecule is COC(=O)Nc1cnc(-c2ccccc2)n(CC(=O)N[C@@H](C(=O)c2nnc(C(C)(C)c3ccc(F)cc3)o2)C(C)C)c1=O. The first-order chi connectivity index (χ1) is 20.4. The van der Waals surface area contributed by atoms with Crippen molar-refractivity contribution in [2.45, 2.75) is 45.7 Å². The largest absolute Gasteiger partial charge is 0.453 e. The Morgan fingerprint density at radius 2 is 1.72 bits per heavy atom. The number of ether oxygens (including phenoxy) is 1. The number of carbonyl (C=O) groups excluding carboxylic acids is 3. The van der Waals surface area contributed by atoms with E-state index < -0.39 is 53.1 Å². The number of hydrogen-bond acceptors (Lipinski definition) is 9. The molecule has 2 heterocycles. The Balaban J connectivity index is 1.59. The standard InChI is InChI=1S/C30H31FN6O6/c1-17(2)23(24(39)26-35-36-28(43-26)30(3,4)19-11-13-20(31)14-12-19)34-22(38)16-37-25(18-9-7-6-8-10-18)32-15-21(27(37)40)33-29(41)42-5/h6-15,17,23H,16H2,1-5H3,(H,33,41)(H,34,38)/t23-/m1/s1. The first-order valence-electron chi connectivity index (χ1n) is 13.4. The van der Waals surface area contributed by atoms with Crippen LogP contribution in [0.5, 0.6) is 0 Å². The summed E-state index contributed by atoms with van der Waals surface area (Å²) in [6, 6.07) is 13.4. The molecule has 0 saturated carbocycles. The van der Waals surface area contributed by atoms with Crippen molar-refractivity contribution < 1.29 is 27.9 Å². The zero-order chi connectivity index (χ0) is 31.3. The highest BCUT2D eigenvalue weighted by molar-refractivity contribution is 5.98. The van der Waals surface area contributed by atoms with Crippen molar-refractivity contribution in [2.75, 3.05) is 12.4 Å². The van der Waals surface area contributed by atoms with Crippen molar-refractivity contribution in [3.8, 4) is 11.4 Å². The van der Waals surface area contributed by atoms with Crippen LogP contribution in [0.3, 0.4) is 0 Å². The van der Waals surface area contributed by atoms with Gasteiger partial charge in [0, 0.05) is 5.56 Å². The monoisotopic (exact) mass is 590 g/mol. The Hall–Kier alpha value is -5.20. The van der Waals surface area contributed by atoms with Crippen LogP contribution in [0.4, 0.5) is 14.9 Å². The van der Waals surface area contributed by atoms with E-state index in [0.29, 0.717) is 11.1 Å². The normalized spacial score (nSPS) is 12.1. The summed E-state index contributed by atoms with van der Waals surface area (Å²) in [5.41, 5.74) is -0.483. The second-order valence-corrected chi connectivity index (χ2v) is 10.6. The third kappa shape index (κ3) is 6.83. The van der Waals surface area contributed by atoms with Gasteiger partial charge in [-0.3, -0.25) is 24.3 Å². The van der Waals surface area contributed by atoms with E-state index in [0.717, 1.165) is 11.7 Å². The molecule has 0 aliphatic rings. The lowest BCUT2D eigenvalue weighted by molar-refractivity contribution is -0.122. The topological polar surface area (TPSA) is 158 Å². The van der Waals surface area contributed by atoms with Gasteiger partial charge < -0.3 is 14.5 Å². The minimum atomic E-state index is -1.07. The van der Waals surface area contributed by atoms with Crippen LogP contribution in [-0.2, 0) is 21.5 Å². The summed E-state index contributed by atoms with van der Waals surface area (Å²) in [5, 5.41) is 12.9. The van der Waals surface area contributed by atoms with E-state index in [-0.39, 0.29) is 23.3 Å². The molecule has 2 aromatic heterocycles. The predicted molar refractivity (Wildman–Crippen MR) is 154 cm³/mol. The third-order valence-corrected chi connectivity index (χ3v) is 6.80. The van der Waals surface area contributed by atoms with Crippen LogP contribution >= 0.6 is 0 Å². The predicted octanol–water partition coefficient (Wildman–Crippen LogP) is 3.96. The second kappa shape index (κ2) is 12.8. The van der Waals surface area contributed by atoms with Gasteiger partial charge in [-0.25, -0.2) is 14.2 Å². The molecule has 13 heteroatoms. The Labute approximate surface area is 246 Å². The van der Waals surface area contributed by atoms with Crippen LogP contribution in [-0.4, -0.2) is 50.7 Å². The first kappa shape index (κ1) is 30.8. The van der Waals surface area contributed by atoms with E-state index in [2.05, 4.69) is 30.6 Å². The molecule has 0 radical (unpaired) electrons. The number of ketones is 1. The molecule has 1 atom stereocenters. The molecule has 0 aliphatic carbocycles. The van der Waals surface area contributed by atoms with Crippen molar-refractivity contribution in [3.63, 3.8) is 0 Å². The van der Waals surface area contributed by atoms with Crippen LogP contribution in [0.2, 0.25) is 0 Å². The van der Waals surface area contributed by atoms with Crippen molar-refractivity contribution in [2.24, 2.45) is 5.92 Å². The number of benzene rings is 2. The van der Waals surface area contributed by atoms with Gasteiger partial charge in [0.15, 0.2) is 0 Å². The van der Waals surface area contributed by atoms with Crippen molar-refractivity contribution in [1.29, 1.82) is 0 Å². The van der Waals surface area contributed by atoms with Crippen molar-refractivity contribution >= 4 is 23.5 Å². The van der Waals surface area contributed by atoms with Gasteiger partial charge in [-0.1, -0.05) is 56.3 Å². The fourth-order valence-electron chi connectivity index (χ4n) is 4.30. The molecule has 0 spiro atoms. The fraction of sp³-hybridized carbons (Fsp3) is 0.300. The zero-order valence-corrected chi connectivity index (χ0v) is 24.3. The van der Waals surface area contributed by atoms with Gasteiger partial charge >= 0.3 is 6.09 Å². The van der Waals surface area contributed by atoms with Gasteiger partial charge in [0.2, 0.25) is 17.6 Å². The Morgan fingerprint density at radius 1 is 1.05 bits per heavy atom. The Kier molecular flexibility index (Phi) is 9.12. The minimum absolute atomic E-state index is 0.136. The van der Waals surface area contributed by atoms with E-state index in [1.807, 2.05) is 0 Å². The fourth-order valence-corrected chi connectivity index (χ4v) is 4.30. The molecule has 2 amide bonds. The van der Waals surface area contributed by atoms with E-state index in [1.54, 1.807) is 70.2 Å². The third-order valence-electron chi connectivity index (χ3n) is 6.80. The Morgan fingerprint density at radius 3 is 2.35 bits per heavy atom. The minimum Gasteiger partial charge on any atom is -0.453 e. The van der Waals surface area contributed by atoms with Gasteiger partial charge in [-0.2, -0.15) is 0 Å². The lowest BCUT2D eigenvalue weighted by Crippen LogP contribution is -2.46.